The van der Waals surface area contributed by atoms with Crippen molar-refractivity contribution in [1.82, 2.24) is 0 Å². The van der Waals surface area contributed by atoms with E-state index in [2.05, 4.69) is 0 Å². The minimum atomic E-state index is -0.509. The van der Waals surface area contributed by atoms with E-state index in [-0.39, 0.29) is 17.6 Å². The number of ketones is 1. The van der Waals surface area contributed by atoms with E-state index in [9.17, 15) is 4.79 Å². The van der Waals surface area contributed by atoms with E-state index in [4.69, 9.17) is 14.2 Å². The monoisotopic (exact) mass is 302 g/mol. The summed E-state index contributed by atoms with van der Waals surface area (Å²) in [4.78, 5) is 13.1. The van der Waals surface area contributed by atoms with Gasteiger partial charge in [-0.3, -0.25) is 4.79 Å². The fraction of sp³-hybridized carbons (Fsp3) is 0.611. The Hall–Kier alpha value is -1.39. The number of carbonyl (C=O) groups is 1. The first-order valence-corrected chi connectivity index (χ1v) is 8.22. The van der Waals surface area contributed by atoms with Crippen molar-refractivity contribution < 1.29 is 19.0 Å². The molecule has 0 radical (unpaired) electrons. The molecule has 0 amide bonds. The van der Waals surface area contributed by atoms with E-state index in [1.54, 1.807) is 7.11 Å². The molecule has 2 atom stereocenters. The molecule has 2 aliphatic carbocycles. The van der Waals surface area contributed by atoms with Gasteiger partial charge in [-0.15, -0.1) is 0 Å². The summed E-state index contributed by atoms with van der Waals surface area (Å²) in [6.45, 7) is 1.30. The molecular weight excluding hydrogens is 280 g/mol. The van der Waals surface area contributed by atoms with Crippen LogP contribution in [0.15, 0.2) is 18.2 Å². The number of Topliss-reactive ketones (excluding diaryl/α,β-unsaturated/α-hetero) is 1. The molecule has 1 saturated carbocycles. The maximum atomic E-state index is 13.1. The summed E-state index contributed by atoms with van der Waals surface area (Å²) in [7, 11) is 1.66. The van der Waals surface area contributed by atoms with Gasteiger partial charge < -0.3 is 14.2 Å². The molecule has 0 bridgehead atoms. The zero-order valence-electron chi connectivity index (χ0n) is 13.0. The maximum Gasteiger partial charge on any atom is 0.171 e. The Morgan fingerprint density at radius 1 is 1.23 bits per heavy atom. The number of ether oxygens (including phenoxy) is 3. The normalized spacial score (nSPS) is 29.8. The zero-order chi connectivity index (χ0) is 15.2. The number of hydrogen-bond donors (Lipinski definition) is 0. The zero-order valence-corrected chi connectivity index (χ0v) is 13.0. The molecule has 1 saturated heterocycles. The number of hydrogen-bond acceptors (Lipinski definition) is 4. The molecule has 4 heteroatoms. The second-order valence-electron chi connectivity index (χ2n) is 6.54. The maximum absolute atomic E-state index is 13.1. The van der Waals surface area contributed by atoms with Crippen molar-refractivity contribution in [2.24, 2.45) is 11.8 Å². The molecular formula is C18H22O4. The van der Waals surface area contributed by atoms with Crippen molar-refractivity contribution in [1.29, 1.82) is 0 Å². The van der Waals surface area contributed by atoms with E-state index in [1.807, 2.05) is 18.2 Å². The first kappa shape index (κ1) is 14.2. The number of methoxy groups -OCH3 is 1. The van der Waals surface area contributed by atoms with Crippen LogP contribution in [-0.2, 0) is 15.9 Å². The second-order valence-corrected chi connectivity index (χ2v) is 6.54. The van der Waals surface area contributed by atoms with Crippen LogP contribution in [0.25, 0.3) is 0 Å². The summed E-state index contributed by atoms with van der Waals surface area (Å²) >= 11 is 0. The van der Waals surface area contributed by atoms with Crippen molar-refractivity contribution in [3.63, 3.8) is 0 Å². The van der Waals surface area contributed by atoms with E-state index < -0.39 is 5.79 Å². The topological polar surface area (TPSA) is 44.8 Å². The summed E-state index contributed by atoms with van der Waals surface area (Å²) in [6, 6.07) is 5.82. The van der Waals surface area contributed by atoms with Gasteiger partial charge in [-0.1, -0.05) is 0 Å². The van der Waals surface area contributed by atoms with E-state index in [0.29, 0.717) is 13.2 Å². The predicted octanol–water partition coefficient (Wildman–Crippen LogP) is 2.98. The smallest absolute Gasteiger partial charge is 0.171 e. The fourth-order valence-electron chi connectivity index (χ4n) is 4.48. The molecule has 0 unspecified atom stereocenters. The van der Waals surface area contributed by atoms with E-state index in [0.717, 1.165) is 49.0 Å². The lowest BCUT2D eigenvalue weighted by molar-refractivity contribution is -0.221. The first-order chi connectivity index (χ1) is 10.7. The third-order valence-corrected chi connectivity index (χ3v) is 5.51. The lowest BCUT2D eigenvalue weighted by Gasteiger charge is -2.43. The Labute approximate surface area is 130 Å². The van der Waals surface area contributed by atoms with Crippen molar-refractivity contribution in [3.05, 3.63) is 29.3 Å². The highest BCUT2D eigenvalue weighted by Gasteiger charge is 2.52. The molecule has 1 spiro atoms. The van der Waals surface area contributed by atoms with Gasteiger partial charge in [-0.25, -0.2) is 0 Å². The molecule has 1 aromatic rings. The molecule has 1 aromatic carbocycles. The molecule has 4 rings (SSSR count). The van der Waals surface area contributed by atoms with Crippen LogP contribution in [0.4, 0.5) is 0 Å². The molecule has 4 nitrogen and oxygen atoms in total. The van der Waals surface area contributed by atoms with Crippen molar-refractivity contribution in [2.45, 2.75) is 37.9 Å². The average Bonchev–Trinajstić information content (AvgIpc) is 2.96. The lowest BCUT2D eigenvalue weighted by atomic mass is 9.71. The van der Waals surface area contributed by atoms with Crippen LogP contribution < -0.4 is 4.74 Å². The van der Waals surface area contributed by atoms with Crippen LogP contribution in [0.3, 0.4) is 0 Å². The lowest BCUT2D eigenvalue weighted by Crippen LogP contribution is -2.48. The minimum absolute atomic E-state index is 0.0292. The third kappa shape index (κ3) is 2.09. The summed E-state index contributed by atoms with van der Waals surface area (Å²) in [5, 5.41) is 0. The second kappa shape index (κ2) is 5.36. The molecule has 22 heavy (non-hydrogen) atoms. The van der Waals surface area contributed by atoms with E-state index >= 15 is 0 Å². The molecule has 0 aromatic heterocycles. The van der Waals surface area contributed by atoms with Crippen molar-refractivity contribution in [2.75, 3.05) is 20.3 Å². The van der Waals surface area contributed by atoms with Crippen molar-refractivity contribution in [3.8, 4) is 5.75 Å². The van der Waals surface area contributed by atoms with Gasteiger partial charge >= 0.3 is 0 Å². The predicted molar refractivity (Wildman–Crippen MR) is 81.1 cm³/mol. The van der Waals surface area contributed by atoms with Gasteiger partial charge in [0.25, 0.3) is 0 Å². The van der Waals surface area contributed by atoms with Gasteiger partial charge in [0.15, 0.2) is 11.6 Å². The summed E-state index contributed by atoms with van der Waals surface area (Å²) in [6.07, 6.45) is 4.69. The minimum Gasteiger partial charge on any atom is -0.497 e. The van der Waals surface area contributed by atoms with Crippen LogP contribution in [0.5, 0.6) is 5.75 Å². The Balaban J connectivity index is 1.72. The van der Waals surface area contributed by atoms with Gasteiger partial charge in [0.1, 0.15) is 5.75 Å². The molecule has 3 aliphatic rings. The molecule has 1 heterocycles. The summed E-state index contributed by atoms with van der Waals surface area (Å²) in [5.74, 6) is 0.777. The Kier molecular flexibility index (Phi) is 3.46. The number of aryl methyl sites for hydroxylation is 1. The molecule has 2 fully saturated rings. The van der Waals surface area contributed by atoms with Crippen LogP contribution in [0, 0.1) is 11.8 Å². The standard InChI is InChI=1S/C18H22O4/c1-20-13-5-6-14-12(11-13)4-7-16-15(17(14)19)3-2-8-18(16)21-9-10-22-18/h5-6,11,15-16H,2-4,7-10H2,1H3/t15-,16-/m0/s1. The number of benzene rings is 1. The highest BCUT2D eigenvalue weighted by molar-refractivity contribution is 6.00. The Morgan fingerprint density at radius 3 is 2.82 bits per heavy atom. The van der Waals surface area contributed by atoms with Crippen LogP contribution in [0.2, 0.25) is 0 Å². The highest BCUT2D eigenvalue weighted by atomic mass is 16.7. The average molecular weight is 302 g/mol. The summed E-state index contributed by atoms with van der Waals surface area (Å²) in [5.41, 5.74) is 1.97. The number of rotatable bonds is 1. The Bertz CT molecular complexity index is 589. The van der Waals surface area contributed by atoms with Gasteiger partial charge in [0.05, 0.1) is 20.3 Å². The quantitative estimate of drug-likeness (QED) is 0.800. The molecule has 1 aliphatic heterocycles. The van der Waals surface area contributed by atoms with Crippen LogP contribution >= 0.6 is 0 Å². The first-order valence-electron chi connectivity index (χ1n) is 8.22. The Morgan fingerprint density at radius 2 is 2.05 bits per heavy atom. The van der Waals surface area contributed by atoms with Gasteiger partial charge in [0.2, 0.25) is 0 Å². The SMILES string of the molecule is COc1ccc2c(c1)CC[C@H]1[C@H](CCCC13OCCO3)C2=O. The van der Waals surface area contributed by atoms with Crippen LogP contribution in [0.1, 0.15) is 41.6 Å². The van der Waals surface area contributed by atoms with E-state index in [1.165, 1.54) is 0 Å². The van der Waals surface area contributed by atoms with Crippen molar-refractivity contribution >= 4 is 5.78 Å². The van der Waals surface area contributed by atoms with Gasteiger partial charge in [0, 0.05) is 23.8 Å². The molecule has 118 valence electrons. The summed E-state index contributed by atoms with van der Waals surface area (Å²) < 4.78 is 17.3. The fourth-order valence-corrected chi connectivity index (χ4v) is 4.48. The highest BCUT2D eigenvalue weighted by Crippen LogP contribution is 2.48. The number of fused-ring (bicyclic) bond motifs is 3. The third-order valence-electron chi connectivity index (χ3n) is 5.51. The van der Waals surface area contributed by atoms with Gasteiger partial charge in [-0.05, 0) is 49.4 Å². The molecule has 0 N–H and O–H groups in total. The number of carbonyl (C=O) groups excluding carboxylic acids is 1. The van der Waals surface area contributed by atoms with Gasteiger partial charge in [-0.2, -0.15) is 0 Å². The largest absolute Gasteiger partial charge is 0.497 e. The van der Waals surface area contributed by atoms with Crippen LogP contribution in [-0.4, -0.2) is 31.9 Å².